The molecule has 3 heteroatoms. The molecule has 0 aliphatic heterocycles. The molecule has 0 saturated heterocycles. The predicted octanol–water partition coefficient (Wildman–Crippen LogP) is 2.76. The van der Waals surface area contributed by atoms with Crippen LogP contribution in [0.25, 0.3) is 10.2 Å². The highest BCUT2D eigenvalue weighted by Crippen LogP contribution is 2.33. The fourth-order valence-electron chi connectivity index (χ4n) is 2.18. The quantitative estimate of drug-likeness (QED) is 0.716. The summed E-state index contributed by atoms with van der Waals surface area (Å²) in [7, 11) is 0. The van der Waals surface area contributed by atoms with Gasteiger partial charge in [-0.25, -0.2) is 0 Å². The lowest BCUT2D eigenvalue weighted by atomic mass is 9.94. The highest BCUT2D eigenvalue weighted by Gasteiger charge is 2.16. The van der Waals surface area contributed by atoms with Crippen molar-refractivity contribution in [1.82, 2.24) is 4.98 Å². The molecule has 0 aromatic carbocycles. The molecule has 1 aliphatic rings. The monoisotopic (exact) mass is 204 g/mol. The average Bonchev–Trinajstić information content (AvgIpc) is 2.66. The number of thiophene rings is 1. The first-order valence-electron chi connectivity index (χ1n) is 5.00. The van der Waals surface area contributed by atoms with E-state index in [4.69, 9.17) is 5.73 Å². The Balaban J connectivity index is 2.36. The topological polar surface area (TPSA) is 38.9 Å². The maximum atomic E-state index is 6.15. The van der Waals surface area contributed by atoms with Crippen LogP contribution in [0.4, 0.5) is 5.69 Å². The van der Waals surface area contributed by atoms with Gasteiger partial charge in [-0.15, -0.1) is 11.3 Å². The first kappa shape index (κ1) is 8.24. The summed E-state index contributed by atoms with van der Waals surface area (Å²) in [5, 5.41) is 2.07. The van der Waals surface area contributed by atoms with E-state index in [0.717, 1.165) is 24.0 Å². The van der Waals surface area contributed by atoms with Crippen LogP contribution < -0.4 is 5.73 Å². The van der Waals surface area contributed by atoms with E-state index >= 15 is 0 Å². The van der Waals surface area contributed by atoms with Gasteiger partial charge in [-0.3, -0.25) is 4.98 Å². The standard InChI is InChI=1S/C11H12N2S/c12-10-7-3-1-2-4-8(7)13-9-5-6-14-11(9)10/h5-6H,1-4H2,(H2,12,13). The molecule has 0 amide bonds. The zero-order chi connectivity index (χ0) is 9.54. The maximum absolute atomic E-state index is 6.15. The van der Waals surface area contributed by atoms with E-state index in [-0.39, 0.29) is 0 Å². The molecule has 1 aliphatic carbocycles. The van der Waals surface area contributed by atoms with Gasteiger partial charge in [-0.1, -0.05) is 0 Å². The lowest BCUT2D eigenvalue weighted by Gasteiger charge is -2.16. The molecule has 0 fully saturated rings. The minimum absolute atomic E-state index is 0.986. The fraction of sp³-hybridized carbons (Fsp3) is 0.364. The average molecular weight is 204 g/mol. The minimum Gasteiger partial charge on any atom is -0.397 e. The van der Waals surface area contributed by atoms with Gasteiger partial charge in [0.25, 0.3) is 0 Å². The van der Waals surface area contributed by atoms with Crippen LogP contribution in [0.3, 0.4) is 0 Å². The number of aryl methyl sites for hydroxylation is 1. The Morgan fingerprint density at radius 2 is 2.14 bits per heavy atom. The SMILES string of the molecule is Nc1c2c(nc3ccsc13)CCCC2. The number of rotatable bonds is 0. The highest BCUT2D eigenvalue weighted by atomic mass is 32.1. The second-order valence-corrected chi connectivity index (χ2v) is 4.71. The molecule has 0 saturated carbocycles. The van der Waals surface area contributed by atoms with Gasteiger partial charge >= 0.3 is 0 Å². The van der Waals surface area contributed by atoms with Crippen molar-refractivity contribution in [2.24, 2.45) is 0 Å². The first-order valence-corrected chi connectivity index (χ1v) is 5.88. The van der Waals surface area contributed by atoms with Crippen molar-refractivity contribution < 1.29 is 0 Å². The van der Waals surface area contributed by atoms with Gasteiger partial charge in [0.15, 0.2) is 0 Å². The van der Waals surface area contributed by atoms with Crippen molar-refractivity contribution in [3.8, 4) is 0 Å². The van der Waals surface area contributed by atoms with Gasteiger partial charge in [-0.05, 0) is 42.7 Å². The Kier molecular flexibility index (Phi) is 1.74. The summed E-state index contributed by atoms with van der Waals surface area (Å²) >= 11 is 1.70. The van der Waals surface area contributed by atoms with E-state index in [0.29, 0.717) is 0 Å². The van der Waals surface area contributed by atoms with Crippen molar-refractivity contribution in [2.45, 2.75) is 25.7 Å². The van der Waals surface area contributed by atoms with Crippen molar-refractivity contribution in [3.05, 3.63) is 22.7 Å². The van der Waals surface area contributed by atoms with Crippen molar-refractivity contribution in [1.29, 1.82) is 0 Å². The number of hydrogen-bond acceptors (Lipinski definition) is 3. The van der Waals surface area contributed by atoms with Gasteiger partial charge in [0, 0.05) is 5.69 Å². The van der Waals surface area contributed by atoms with Gasteiger partial charge in [0.2, 0.25) is 0 Å². The van der Waals surface area contributed by atoms with Gasteiger partial charge in [0.05, 0.1) is 15.9 Å². The summed E-state index contributed by atoms with van der Waals surface area (Å²) in [6.07, 6.45) is 4.73. The Morgan fingerprint density at radius 1 is 1.29 bits per heavy atom. The fourth-order valence-corrected chi connectivity index (χ4v) is 3.00. The van der Waals surface area contributed by atoms with E-state index in [1.54, 1.807) is 11.3 Å². The van der Waals surface area contributed by atoms with E-state index in [9.17, 15) is 0 Å². The molecule has 2 heterocycles. The lowest BCUT2D eigenvalue weighted by molar-refractivity contribution is 0.673. The van der Waals surface area contributed by atoms with Crippen LogP contribution in [0.1, 0.15) is 24.1 Å². The molecule has 2 nitrogen and oxygen atoms in total. The third-order valence-corrected chi connectivity index (χ3v) is 3.85. The number of nitrogen functional groups attached to an aromatic ring is 1. The maximum Gasteiger partial charge on any atom is 0.0834 e. The largest absolute Gasteiger partial charge is 0.397 e. The molecule has 0 atom stereocenters. The summed E-state index contributed by atoms with van der Waals surface area (Å²) in [5.41, 5.74) is 10.8. The highest BCUT2D eigenvalue weighted by molar-refractivity contribution is 7.17. The van der Waals surface area contributed by atoms with E-state index in [1.807, 2.05) is 0 Å². The molecule has 2 N–H and O–H groups in total. The molecule has 0 unspecified atom stereocenters. The van der Waals surface area contributed by atoms with Crippen LogP contribution >= 0.6 is 11.3 Å². The molecule has 0 radical (unpaired) electrons. The molecular formula is C11H12N2S. The molecule has 2 aromatic heterocycles. The van der Waals surface area contributed by atoms with E-state index < -0.39 is 0 Å². The minimum atomic E-state index is 0.986. The first-order chi connectivity index (χ1) is 6.86. The van der Waals surface area contributed by atoms with Crippen LogP contribution in [0, 0.1) is 0 Å². The second kappa shape index (κ2) is 2.95. The van der Waals surface area contributed by atoms with Gasteiger partial charge in [-0.2, -0.15) is 0 Å². The number of pyridine rings is 1. The number of anilines is 1. The number of aromatic nitrogens is 1. The normalized spacial score (nSPS) is 15.7. The molecule has 0 spiro atoms. The van der Waals surface area contributed by atoms with E-state index in [1.165, 1.54) is 28.8 Å². The predicted molar refractivity (Wildman–Crippen MR) is 60.7 cm³/mol. The molecule has 3 rings (SSSR count). The number of fused-ring (bicyclic) bond motifs is 2. The number of hydrogen-bond donors (Lipinski definition) is 1. The summed E-state index contributed by atoms with van der Waals surface area (Å²) in [4.78, 5) is 4.67. The van der Waals surface area contributed by atoms with Gasteiger partial charge < -0.3 is 5.73 Å². The summed E-state index contributed by atoms with van der Waals surface area (Å²) < 4.78 is 1.17. The molecule has 2 aromatic rings. The van der Waals surface area contributed by atoms with E-state index in [2.05, 4.69) is 16.4 Å². The van der Waals surface area contributed by atoms with Crippen molar-refractivity contribution in [3.63, 3.8) is 0 Å². The van der Waals surface area contributed by atoms with Crippen LogP contribution in [0.15, 0.2) is 11.4 Å². The molecule has 14 heavy (non-hydrogen) atoms. The van der Waals surface area contributed by atoms with Crippen molar-refractivity contribution in [2.75, 3.05) is 5.73 Å². The third kappa shape index (κ3) is 1.05. The Bertz CT molecular complexity index is 487. The molecule has 0 bridgehead atoms. The third-order valence-electron chi connectivity index (χ3n) is 2.91. The van der Waals surface area contributed by atoms with Crippen molar-refractivity contribution >= 4 is 27.2 Å². The summed E-state index contributed by atoms with van der Waals surface area (Å²) in [5.74, 6) is 0. The molecule has 72 valence electrons. The Hall–Kier alpha value is -1.09. The lowest BCUT2D eigenvalue weighted by Crippen LogP contribution is -2.08. The summed E-state index contributed by atoms with van der Waals surface area (Å²) in [6, 6.07) is 2.06. The van der Waals surface area contributed by atoms with Gasteiger partial charge in [0.1, 0.15) is 0 Å². The number of nitrogens with two attached hydrogens (primary N) is 1. The number of nitrogens with zero attached hydrogens (tertiary/aromatic N) is 1. The Labute approximate surface area is 86.8 Å². The molecular weight excluding hydrogens is 192 g/mol. The smallest absolute Gasteiger partial charge is 0.0834 e. The second-order valence-electron chi connectivity index (χ2n) is 3.79. The van der Waals surface area contributed by atoms with Crippen LogP contribution in [-0.4, -0.2) is 4.98 Å². The Morgan fingerprint density at radius 3 is 3.07 bits per heavy atom. The van der Waals surface area contributed by atoms with Crippen LogP contribution in [-0.2, 0) is 12.8 Å². The zero-order valence-corrected chi connectivity index (χ0v) is 8.73. The van der Waals surface area contributed by atoms with Crippen LogP contribution in [0.5, 0.6) is 0 Å². The summed E-state index contributed by atoms with van der Waals surface area (Å²) in [6.45, 7) is 0. The zero-order valence-electron chi connectivity index (χ0n) is 7.92. The van der Waals surface area contributed by atoms with Crippen LogP contribution in [0.2, 0.25) is 0 Å².